The fourth-order valence-corrected chi connectivity index (χ4v) is 2.50. The van der Waals surface area contributed by atoms with Crippen molar-refractivity contribution in [1.29, 1.82) is 0 Å². The molecule has 18 heavy (non-hydrogen) atoms. The van der Waals surface area contributed by atoms with E-state index in [0.29, 0.717) is 19.4 Å². The Morgan fingerprint density at radius 1 is 1.06 bits per heavy atom. The van der Waals surface area contributed by atoms with Gasteiger partial charge in [0.2, 0.25) is 5.91 Å². The summed E-state index contributed by atoms with van der Waals surface area (Å²) in [4.78, 5) is 23.0. The molecular weight excluding hydrogens is 234 g/mol. The lowest BCUT2D eigenvalue weighted by Gasteiger charge is -2.27. The van der Waals surface area contributed by atoms with E-state index in [1.54, 1.807) is 0 Å². The van der Waals surface area contributed by atoms with E-state index < -0.39 is 11.9 Å². The van der Waals surface area contributed by atoms with E-state index in [9.17, 15) is 9.59 Å². The Morgan fingerprint density at radius 3 is 2.33 bits per heavy atom. The number of carboxylic acids is 1. The highest BCUT2D eigenvalue weighted by Crippen LogP contribution is 2.30. The number of aliphatic carboxylic acids is 1. The average molecular weight is 257 g/mol. The molecule has 0 aliphatic heterocycles. The second-order valence-electron chi connectivity index (χ2n) is 4.91. The molecule has 1 rings (SSSR count). The molecule has 0 aromatic rings. The average Bonchev–Trinajstić information content (AvgIpc) is 2.38. The molecule has 0 radical (unpaired) electrons. The lowest BCUT2D eigenvalue weighted by molar-refractivity contribution is -0.148. The normalized spacial score (nSPS) is 23.6. The van der Waals surface area contributed by atoms with Crippen LogP contribution in [0.5, 0.6) is 0 Å². The number of hydrogen-bond donors (Lipinski definition) is 3. The highest BCUT2D eigenvalue weighted by Gasteiger charge is 2.35. The fourth-order valence-electron chi connectivity index (χ4n) is 2.50. The number of carbonyl (C=O) groups is 2. The smallest absolute Gasteiger partial charge is 0.307 e. The number of rotatable bonds is 7. The molecule has 0 unspecified atom stereocenters. The van der Waals surface area contributed by atoms with Crippen molar-refractivity contribution in [2.45, 2.75) is 44.9 Å². The maximum atomic E-state index is 11.9. The van der Waals surface area contributed by atoms with E-state index in [2.05, 4.69) is 5.32 Å². The van der Waals surface area contributed by atoms with Crippen molar-refractivity contribution < 1.29 is 19.8 Å². The minimum atomic E-state index is -0.852. The van der Waals surface area contributed by atoms with Crippen LogP contribution in [0.15, 0.2) is 0 Å². The molecule has 0 aromatic heterocycles. The summed E-state index contributed by atoms with van der Waals surface area (Å²) >= 11 is 0. The van der Waals surface area contributed by atoms with Gasteiger partial charge in [0.1, 0.15) is 0 Å². The van der Waals surface area contributed by atoms with Crippen LogP contribution in [0.4, 0.5) is 0 Å². The molecule has 0 saturated heterocycles. The van der Waals surface area contributed by atoms with Crippen LogP contribution in [0.3, 0.4) is 0 Å². The molecule has 1 fully saturated rings. The molecule has 1 aliphatic rings. The third kappa shape index (κ3) is 4.64. The third-order valence-corrected chi connectivity index (χ3v) is 3.55. The Labute approximate surface area is 108 Å². The maximum Gasteiger partial charge on any atom is 0.307 e. The molecule has 0 spiro atoms. The first kappa shape index (κ1) is 15.0. The molecule has 104 valence electrons. The van der Waals surface area contributed by atoms with Crippen molar-refractivity contribution in [1.82, 2.24) is 5.32 Å². The molecule has 0 bridgehead atoms. The number of carboxylic acid groups (broad SMARTS) is 1. The van der Waals surface area contributed by atoms with Crippen molar-refractivity contribution in [3.63, 3.8) is 0 Å². The number of nitrogens with one attached hydrogen (secondary N) is 1. The maximum absolute atomic E-state index is 11.9. The van der Waals surface area contributed by atoms with E-state index in [-0.39, 0.29) is 18.4 Å². The Morgan fingerprint density at radius 2 is 1.72 bits per heavy atom. The zero-order valence-electron chi connectivity index (χ0n) is 10.7. The summed E-state index contributed by atoms with van der Waals surface area (Å²) in [5.41, 5.74) is 0. The molecule has 5 nitrogen and oxygen atoms in total. The van der Waals surface area contributed by atoms with Gasteiger partial charge in [0.15, 0.2) is 0 Å². The van der Waals surface area contributed by atoms with Crippen molar-refractivity contribution in [3.8, 4) is 0 Å². The second-order valence-corrected chi connectivity index (χ2v) is 4.91. The van der Waals surface area contributed by atoms with Crippen molar-refractivity contribution in [2.75, 3.05) is 13.2 Å². The molecule has 5 heteroatoms. The van der Waals surface area contributed by atoms with Crippen LogP contribution < -0.4 is 5.32 Å². The lowest BCUT2D eigenvalue weighted by Crippen LogP contribution is -2.40. The summed E-state index contributed by atoms with van der Waals surface area (Å²) in [6, 6.07) is 0. The van der Waals surface area contributed by atoms with Gasteiger partial charge in [0.05, 0.1) is 11.8 Å². The molecule has 0 aromatic carbocycles. The Balaban J connectivity index is 2.32. The van der Waals surface area contributed by atoms with Gasteiger partial charge in [0.25, 0.3) is 0 Å². The summed E-state index contributed by atoms with van der Waals surface area (Å²) < 4.78 is 0. The Bertz CT molecular complexity index is 280. The summed E-state index contributed by atoms with van der Waals surface area (Å²) in [6.07, 6.45) is 5.58. The largest absolute Gasteiger partial charge is 0.481 e. The first-order valence-electron chi connectivity index (χ1n) is 6.78. The van der Waals surface area contributed by atoms with E-state index in [1.807, 2.05) is 0 Å². The molecule has 1 saturated carbocycles. The lowest BCUT2D eigenvalue weighted by atomic mass is 9.78. The van der Waals surface area contributed by atoms with Crippen LogP contribution >= 0.6 is 0 Å². The third-order valence-electron chi connectivity index (χ3n) is 3.55. The van der Waals surface area contributed by atoms with Gasteiger partial charge in [0, 0.05) is 13.2 Å². The molecule has 1 aliphatic carbocycles. The first-order chi connectivity index (χ1) is 8.66. The highest BCUT2D eigenvalue weighted by atomic mass is 16.4. The van der Waals surface area contributed by atoms with Gasteiger partial charge in [-0.1, -0.05) is 12.8 Å². The van der Waals surface area contributed by atoms with Crippen molar-refractivity contribution in [2.24, 2.45) is 11.8 Å². The topological polar surface area (TPSA) is 86.6 Å². The van der Waals surface area contributed by atoms with Gasteiger partial charge in [-0.05, 0) is 32.1 Å². The van der Waals surface area contributed by atoms with Gasteiger partial charge >= 0.3 is 5.97 Å². The minimum Gasteiger partial charge on any atom is -0.481 e. The van der Waals surface area contributed by atoms with Crippen LogP contribution in [-0.2, 0) is 9.59 Å². The summed E-state index contributed by atoms with van der Waals surface area (Å²) in [5, 5.41) is 20.5. The predicted octanol–water partition coefficient (Wildman–Crippen LogP) is 1.16. The number of hydrogen-bond acceptors (Lipinski definition) is 3. The van der Waals surface area contributed by atoms with E-state index >= 15 is 0 Å². The number of unbranched alkanes of at least 4 members (excludes halogenated alkanes) is 2. The van der Waals surface area contributed by atoms with Crippen LogP contribution in [0.1, 0.15) is 44.9 Å². The number of aliphatic hydroxyl groups is 1. The van der Waals surface area contributed by atoms with Crippen molar-refractivity contribution >= 4 is 11.9 Å². The van der Waals surface area contributed by atoms with Crippen LogP contribution in [0, 0.1) is 11.8 Å². The minimum absolute atomic E-state index is 0.119. The van der Waals surface area contributed by atoms with Crippen LogP contribution in [0.25, 0.3) is 0 Å². The first-order valence-corrected chi connectivity index (χ1v) is 6.78. The van der Waals surface area contributed by atoms with E-state index in [0.717, 1.165) is 32.1 Å². The van der Waals surface area contributed by atoms with Gasteiger partial charge < -0.3 is 15.5 Å². The SMILES string of the molecule is O=C(O)[C@H]1CCCC[C@H]1C(=O)NCCCCCO. The zero-order valence-corrected chi connectivity index (χ0v) is 10.7. The Kier molecular flexibility index (Phi) is 6.72. The molecular formula is C13H23NO4. The molecule has 2 atom stereocenters. The predicted molar refractivity (Wildman–Crippen MR) is 67.0 cm³/mol. The fraction of sp³-hybridized carbons (Fsp3) is 0.846. The van der Waals surface area contributed by atoms with Gasteiger partial charge in [-0.25, -0.2) is 0 Å². The summed E-state index contributed by atoms with van der Waals surface area (Å²) in [5.74, 6) is -1.86. The quantitative estimate of drug-likeness (QED) is 0.597. The van der Waals surface area contributed by atoms with Gasteiger partial charge in [-0.15, -0.1) is 0 Å². The standard InChI is InChI=1S/C13H23NO4/c15-9-5-1-4-8-14-12(16)10-6-2-3-7-11(10)13(17)18/h10-11,15H,1-9H2,(H,14,16)(H,17,18)/t10-,11+/m1/s1. The monoisotopic (exact) mass is 257 g/mol. The molecule has 1 amide bonds. The number of aliphatic hydroxyl groups excluding tert-OH is 1. The second kappa shape index (κ2) is 8.08. The van der Waals surface area contributed by atoms with Crippen molar-refractivity contribution in [3.05, 3.63) is 0 Å². The number of amides is 1. The van der Waals surface area contributed by atoms with E-state index in [4.69, 9.17) is 10.2 Å². The number of carbonyl (C=O) groups excluding carboxylic acids is 1. The molecule has 0 heterocycles. The summed E-state index contributed by atoms with van der Waals surface area (Å²) in [7, 11) is 0. The molecule has 3 N–H and O–H groups in total. The Hall–Kier alpha value is -1.10. The van der Waals surface area contributed by atoms with Crippen LogP contribution in [-0.4, -0.2) is 35.2 Å². The highest BCUT2D eigenvalue weighted by molar-refractivity contribution is 5.84. The van der Waals surface area contributed by atoms with Crippen LogP contribution in [0.2, 0.25) is 0 Å². The summed E-state index contributed by atoms with van der Waals surface area (Å²) in [6.45, 7) is 0.749. The van der Waals surface area contributed by atoms with Gasteiger partial charge in [-0.3, -0.25) is 9.59 Å². The zero-order chi connectivity index (χ0) is 13.4. The van der Waals surface area contributed by atoms with E-state index in [1.165, 1.54) is 0 Å². The van der Waals surface area contributed by atoms with Gasteiger partial charge in [-0.2, -0.15) is 0 Å².